The van der Waals surface area contributed by atoms with Crippen molar-refractivity contribution in [2.75, 3.05) is 0 Å². The Morgan fingerprint density at radius 1 is 0.500 bits per heavy atom. The first kappa shape index (κ1) is 23.9. The molecular formula is C4Ca2O8. The predicted molar refractivity (Wildman–Crippen MR) is 31.5 cm³/mol. The first-order chi connectivity index (χ1) is 5.29. The number of carbonyl (C=O) groups excluding carboxylic acids is 4. The molecule has 0 saturated carbocycles. The van der Waals surface area contributed by atoms with Gasteiger partial charge in [0.05, 0.1) is 23.9 Å². The van der Waals surface area contributed by atoms with Crippen molar-refractivity contribution >= 4 is 99.4 Å². The van der Waals surface area contributed by atoms with E-state index in [1.54, 1.807) is 0 Å². The van der Waals surface area contributed by atoms with Crippen LogP contribution in [0.15, 0.2) is 0 Å². The SMILES string of the molecule is O=C([O-])C(=O)[O-].O=C([O-])C(=O)[O-].[Ca+2].[Ca+2]. The molecule has 8 nitrogen and oxygen atoms in total. The van der Waals surface area contributed by atoms with Gasteiger partial charge < -0.3 is 39.6 Å². The predicted octanol–water partition coefficient (Wildman–Crippen LogP) is -7.79. The second-order valence-corrected chi connectivity index (χ2v) is 1.15. The fraction of sp³-hybridized carbons (Fsp3) is 0. The van der Waals surface area contributed by atoms with Gasteiger partial charge in [0.1, 0.15) is 0 Å². The minimum absolute atomic E-state index is 0. The molecule has 0 bridgehead atoms. The van der Waals surface area contributed by atoms with Gasteiger partial charge in [-0.2, -0.15) is 0 Å². The van der Waals surface area contributed by atoms with Gasteiger partial charge in [-0.15, -0.1) is 0 Å². The van der Waals surface area contributed by atoms with Crippen LogP contribution >= 0.6 is 0 Å². The van der Waals surface area contributed by atoms with Crippen molar-refractivity contribution in [3.8, 4) is 0 Å². The zero-order valence-electron chi connectivity index (χ0n) is 6.68. The summed E-state index contributed by atoms with van der Waals surface area (Å²) in [6.07, 6.45) is 0. The molecule has 0 aromatic rings. The van der Waals surface area contributed by atoms with Gasteiger partial charge >= 0.3 is 75.5 Å². The van der Waals surface area contributed by atoms with E-state index >= 15 is 0 Å². The minimum Gasteiger partial charge on any atom is -0.543 e. The van der Waals surface area contributed by atoms with E-state index in [0.717, 1.165) is 0 Å². The summed E-state index contributed by atoms with van der Waals surface area (Å²) in [5, 5.41) is 35.7. The number of hydrogen-bond acceptors (Lipinski definition) is 8. The normalized spacial score (nSPS) is 6.29. The number of aliphatic carboxylic acids is 4. The molecule has 0 spiro atoms. The third-order valence-electron chi connectivity index (χ3n) is 0.333. The Morgan fingerprint density at radius 3 is 0.571 bits per heavy atom. The van der Waals surface area contributed by atoms with E-state index < -0.39 is 23.9 Å². The Labute approximate surface area is 137 Å². The molecule has 0 amide bonds. The van der Waals surface area contributed by atoms with Gasteiger partial charge in [0, 0.05) is 0 Å². The van der Waals surface area contributed by atoms with Crippen LogP contribution in [-0.4, -0.2) is 99.4 Å². The van der Waals surface area contributed by atoms with Crippen molar-refractivity contribution in [1.29, 1.82) is 0 Å². The standard InChI is InChI=1S/2C2H2O4.2Ca/c2*3-1(4)2(5)6;;/h2*(H,3,4)(H,5,6);;/q;;2*+2/p-4. The fourth-order valence-electron chi connectivity index (χ4n) is 0. The van der Waals surface area contributed by atoms with Crippen LogP contribution in [0.25, 0.3) is 0 Å². The molecule has 0 unspecified atom stereocenters. The molecule has 0 aliphatic carbocycles. The quantitative estimate of drug-likeness (QED) is 0.305. The molecule has 68 valence electrons. The van der Waals surface area contributed by atoms with Crippen molar-refractivity contribution < 1.29 is 39.6 Å². The summed E-state index contributed by atoms with van der Waals surface area (Å²) in [6, 6.07) is 0. The molecule has 0 aliphatic rings. The van der Waals surface area contributed by atoms with E-state index in [2.05, 4.69) is 0 Å². The Bertz CT molecular complexity index is 175. The number of carboxylic acid groups (broad SMARTS) is 4. The summed E-state index contributed by atoms with van der Waals surface area (Å²) in [7, 11) is 0. The largest absolute Gasteiger partial charge is 2.00 e. The molecule has 0 aliphatic heterocycles. The summed E-state index contributed by atoms with van der Waals surface area (Å²) in [5.41, 5.74) is 0. The summed E-state index contributed by atoms with van der Waals surface area (Å²) < 4.78 is 0. The van der Waals surface area contributed by atoms with Crippen molar-refractivity contribution in [1.82, 2.24) is 0 Å². The fourth-order valence-corrected chi connectivity index (χ4v) is 0. The topological polar surface area (TPSA) is 161 Å². The van der Waals surface area contributed by atoms with E-state index in [9.17, 15) is 0 Å². The summed E-state index contributed by atoms with van der Waals surface area (Å²) in [4.78, 5) is 35.7. The first-order valence-corrected chi connectivity index (χ1v) is 2.13. The molecule has 0 rings (SSSR count). The van der Waals surface area contributed by atoms with Crippen LogP contribution in [0.5, 0.6) is 0 Å². The zero-order chi connectivity index (χ0) is 10.3. The van der Waals surface area contributed by atoms with Crippen molar-refractivity contribution in [2.24, 2.45) is 0 Å². The molecule has 0 fully saturated rings. The average Bonchev–Trinajstić information content (AvgIpc) is 1.88. The maximum atomic E-state index is 8.93. The van der Waals surface area contributed by atoms with E-state index in [4.69, 9.17) is 39.6 Å². The van der Waals surface area contributed by atoms with Gasteiger partial charge in [0.2, 0.25) is 0 Å². The monoisotopic (exact) mass is 256 g/mol. The summed E-state index contributed by atoms with van der Waals surface area (Å²) in [6.45, 7) is 0. The van der Waals surface area contributed by atoms with E-state index in [0.29, 0.717) is 0 Å². The average molecular weight is 256 g/mol. The van der Waals surface area contributed by atoms with Gasteiger partial charge in [0.25, 0.3) is 0 Å². The van der Waals surface area contributed by atoms with Gasteiger partial charge in [-0.05, 0) is 0 Å². The van der Waals surface area contributed by atoms with Crippen LogP contribution in [0.4, 0.5) is 0 Å². The van der Waals surface area contributed by atoms with Gasteiger partial charge in [-0.3, -0.25) is 0 Å². The van der Waals surface area contributed by atoms with Crippen LogP contribution in [0, 0.1) is 0 Å². The number of rotatable bonds is 0. The van der Waals surface area contributed by atoms with Crippen LogP contribution in [-0.2, 0) is 19.2 Å². The molecule has 0 saturated heterocycles. The first-order valence-electron chi connectivity index (χ1n) is 2.13. The minimum atomic E-state index is -2.19. The Hall–Kier alpha value is 0.399. The molecule has 10 heteroatoms. The number of hydrogen-bond donors (Lipinski definition) is 0. The Morgan fingerprint density at radius 2 is 0.571 bits per heavy atom. The molecular weight excluding hydrogens is 256 g/mol. The molecule has 0 radical (unpaired) electrons. The van der Waals surface area contributed by atoms with Crippen molar-refractivity contribution in [3.05, 3.63) is 0 Å². The molecule has 0 aromatic heterocycles. The Kier molecular flexibility index (Phi) is 22.9. The number of carboxylic acids is 4. The third-order valence-corrected chi connectivity index (χ3v) is 0.333. The summed E-state index contributed by atoms with van der Waals surface area (Å²) in [5.74, 6) is -8.74. The Balaban J connectivity index is -0.0000000625. The third kappa shape index (κ3) is 22.8. The molecule has 0 N–H and O–H groups in total. The van der Waals surface area contributed by atoms with Gasteiger partial charge in [-0.1, -0.05) is 0 Å². The summed E-state index contributed by atoms with van der Waals surface area (Å²) >= 11 is 0. The van der Waals surface area contributed by atoms with E-state index in [1.165, 1.54) is 0 Å². The van der Waals surface area contributed by atoms with Crippen LogP contribution in [0.1, 0.15) is 0 Å². The van der Waals surface area contributed by atoms with E-state index in [-0.39, 0.29) is 75.5 Å². The van der Waals surface area contributed by atoms with Crippen LogP contribution in [0.2, 0.25) is 0 Å². The maximum absolute atomic E-state index is 8.93. The zero-order valence-corrected chi connectivity index (χ0v) is 11.1. The second-order valence-electron chi connectivity index (χ2n) is 1.15. The number of carbonyl (C=O) groups is 4. The maximum Gasteiger partial charge on any atom is 2.00 e. The molecule has 0 aromatic carbocycles. The van der Waals surface area contributed by atoms with Crippen LogP contribution in [0.3, 0.4) is 0 Å². The van der Waals surface area contributed by atoms with Gasteiger partial charge in [0.15, 0.2) is 0 Å². The van der Waals surface area contributed by atoms with Crippen LogP contribution < -0.4 is 20.4 Å². The van der Waals surface area contributed by atoms with Crippen molar-refractivity contribution in [3.63, 3.8) is 0 Å². The van der Waals surface area contributed by atoms with Gasteiger partial charge in [-0.25, -0.2) is 0 Å². The van der Waals surface area contributed by atoms with E-state index in [1.807, 2.05) is 0 Å². The molecule has 0 heterocycles. The smallest absolute Gasteiger partial charge is 0.543 e. The van der Waals surface area contributed by atoms with Crippen molar-refractivity contribution in [2.45, 2.75) is 0 Å². The second kappa shape index (κ2) is 13.4. The molecule has 14 heavy (non-hydrogen) atoms. The molecule has 0 atom stereocenters.